The van der Waals surface area contributed by atoms with Gasteiger partial charge in [-0.2, -0.15) is 0 Å². The Hall–Kier alpha value is -1.53. The van der Waals surface area contributed by atoms with Crippen LogP contribution in [-0.4, -0.2) is 15.9 Å². The molecule has 0 radical (unpaired) electrons. The molecular formula is C16H15BrFNO2S. The van der Waals surface area contributed by atoms with Gasteiger partial charge >= 0.3 is 0 Å². The molecule has 0 heterocycles. The number of rotatable bonds is 6. The predicted octanol–water partition coefficient (Wildman–Crippen LogP) is 3.87. The average Bonchev–Trinajstić information content (AvgIpc) is 2.50. The van der Waals surface area contributed by atoms with E-state index in [1.807, 2.05) is 24.3 Å². The topological polar surface area (TPSA) is 46.2 Å². The zero-order chi connectivity index (χ0) is 15.9. The Balaban J connectivity index is 1.82. The molecule has 0 aliphatic heterocycles. The second kappa shape index (κ2) is 8.19. The lowest BCUT2D eigenvalue weighted by molar-refractivity contribution is -0.115. The average molecular weight is 384 g/mol. The Bertz CT molecular complexity index is 634. The van der Waals surface area contributed by atoms with E-state index in [0.29, 0.717) is 5.75 Å². The Morgan fingerprint density at radius 3 is 2.55 bits per heavy atom. The summed E-state index contributed by atoms with van der Waals surface area (Å²) in [5.74, 6) is -0.202. The molecule has 0 bridgehead atoms. The van der Waals surface area contributed by atoms with Crippen molar-refractivity contribution in [3.63, 3.8) is 0 Å². The summed E-state index contributed by atoms with van der Waals surface area (Å²) in [6, 6.07) is 13.5. The van der Waals surface area contributed by atoms with Crippen LogP contribution in [0.2, 0.25) is 0 Å². The highest BCUT2D eigenvalue weighted by Crippen LogP contribution is 2.18. The van der Waals surface area contributed by atoms with Crippen LogP contribution in [0.1, 0.15) is 12.0 Å². The van der Waals surface area contributed by atoms with Gasteiger partial charge in [-0.3, -0.25) is 9.00 Å². The van der Waals surface area contributed by atoms with E-state index in [-0.39, 0.29) is 23.8 Å². The summed E-state index contributed by atoms with van der Waals surface area (Å²) in [6.45, 7) is 0. The third-order valence-electron chi connectivity index (χ3n) is 2.98. The fourth-order valence-electron chi connectivity index (χ4n) is 1.84. The molecule has 1 amide bonds. The maximum Gasteiger partial charge on any atom is 0.225 e. The summed E-state index contributed by atoms with van der Waals surface area (Å²) in [7, 11) is -1.15. The van der Waals surface area contributed by atoms with Crippen LogP contribution < -0.4 is 5.32 Å². The first-order valence-corrected chi connectivity index (χ1v) is 8.97. The molecule has 1 atom stereocenters. The molecular weight excluding hydrogens is 369 g/mol. The second-order valence-corrected chi connectivity index (χ2v) is 7.09. The maximum atomic E-state index is 13.4. The van der Waals surface area contributed by atoms with Crippen LogP contribution in [0.25, 0.3) is 0 Å². The van der Waals surface area contributed by atoms with Crippen molar-refractivity contribution in [1.29, 1.82) is 0 Å². The van der Waals surface area contributed by atoms with Crippen LogP contribution >= 0.6 is 15.9 Å². The highest BCUT2D eigenvalue weighted by Gasteiger charge is 2.10. The highest BCUT2D eigenvalue weighted by molar-refractivity contribution is 9.10. The summed E-state index contributed by atoms with van der Waals surface area (Å²) < 4.78 is 26.3. The molecule has 2 aromatic carbocycles. The molecule has 0 spiro atoms. The van der Waals surface area contributed by atoms with Gasteiger partial charge in [0.2, 0.25) is 5.91 Å². The maximum absolute atomic E-state index is 13.4. The summed E-state index contributed by atoms with van der Waals surface area (Å²) >= 11 is 3.40. The van der Waals surface area contributed by atoms with Crippen molar-refractivity contribution in [2.75, 3.05) is 11.1 Å². The lowest BCUT2D eigenvalue weighted by atomic mass is 10.2. The van der Waals surface area contributed by atoms with Crippen LogP contribution in [0.3, 0.4) is 0 Å². The molecule has 1 N–H and O–H groups in total. The molecule has 0 fully saturated rings. The number of carbonyl (C=O) groups excluding carboxylic acids is 1. The number of amides is 1. The fraction of sp³-hybridized carbons (Fsp3) is 0.188. The number of anilines is 1. The van der Waals surface area contributed by atoms with Crippen LogP contribution in [0, 0.1) is 5.82 Å². The molecule has 0 saturated carbocycles. The van der Waals surface area contributed by atoms with Crippen LogP contribution in [0.4, 0.5) is 10.1 Å². The Morgan fingerprint density at radius 2 is 1.82 bits per heavy atom. The van der Waals surface area contributed by atoms with E-state index < -0.39 is 16.6 Å². The van der Waals surface area contributed by atoms with Crippen LogP contribution in [0.15, 0.2) is 53.0 Å². The number of carbonyl (C=O) groups is 1. The third kappa shape index (κ3) is 5.03. The highest BCUT2D eigenvalue weighted by atomic mass is 79.9. The first kappa shape index (κ1) is 16.8. The zero-order valence-electron chi connectivity index (χ0n) is 11.7. The van der Waals surface area contributed by atoms with E-state index in [0.717, 1.165) is 10.0 Å². The molecule has 2 rings (SSSR count). The molecule has 3 nitrogen and oxygen atoms in total. The van der Waals surface area contributed by atoms with E-state index in [4.69, 9.17) is 0 Å². The Labute approximate surface area is 139 Å². The van der Waals surface area contributed by atoms with Gasteiger partial charge in [0.1, 0.15) is 5.82 Å². The van der Waals surface area contributed by atoms with Gasteiger partial charge in [-0.15, -0.1) is 0 Å². The quantitative estimate of drug-likeness (QED) is 0.822. The fourth-order valence-corrected chi connectivity index (χ4v) is 3.61. The minimum atomic E-state index is -1.15. The molecule has 0 aromatic heterocycles. The molecule has 22 heavy (non-hydrogen) atoms. The first-order chi connectivity index (χ1) is 10.6. The van der Waals surface area contributed by atoms with Crippen molar-refractivity contribution in [3.05, 3.63) is 64.4 Å². The lowest BCUT2D eigenvalue weighted by Gasteiger charge is -2.07. The number of benzene rings is 2. The second-order valence-electron chi connectivity index (χ2n) is 4.66. The Kier molecular flexibility index (Phi) is 6.27. The monoisotopic (exact) mass is 383 g/mol. The molecule has 0 aliphatic carbocycles. The molecule has 0 unspecified atom stereocenters. The normalized spacial score (nSPS) is 11.9. The van der Waals surface area contributed by atoms with Crippen molar-refractivity contribution >= 4 is 38.3 Å². The SMILES string of the molecule is O=C(CC[S@@](=O)Cc1ccccc1Br)Nc1ccccc1F. The lowest BCUT2D eigenvalue weighted by Crippen LogP contribution is -2.16. The van der Waals surface area contributed by atoms with E-state index in [9.17, 15) is 13.4 Å². The summed E-state index contributed by atoms with van der Waals surface area (Å²) in [6.07, 6.45) is 0.0887. The predicted molar refractivity (Wildman–Crippen MR) is 90.5 cm³/mol. The van der Waals surface area contributed by atoms with E-state index >= 15 is 0 Å². The van der Waals surface area contributed by atoms with Gasteiger partial charge in [0.25, 0.3) is 0 Å². The minimum absolute atomic E-state index is 0.0887. The Morgan fingerprint density at radius 1 is 1.14 bits per heavy atom. The summed E-state index contributed by atoms with van der Waals surface area (Å²) in [5, 5.41) is 2.48. The van der Waals surface area contributed by atoms with Gasteiger partial charge < -0.3 is 5.32 Å². The van der Waals surface area contributed by atoms with Gasteiger partial charge in [0, 0.05) is 33.2 Å². The van der Waals surface area contributed by atoms with Crippen LogP contribution in [0.5, 0.6) is 0 Å². The number of para-hydroxylation sites is 1. The van der Waals surface area contributed by atoms with Crippen molar-refractivity contribution in [1.82, 2.24) is 0 Å². The van der Waals surface area contributed by atoms with Gasteiger partial charge in [-0.05, 0) is 23.8 Å². The first-order valence-electron chi connectivity index (χ1n) is 6.69. The largest absolute Gasteiger partial charge is 0.324 e. The number of hydrogen-bond donors (Lipinski definition) is 1. The molecule has 6 heteroatoms. The van der Waals surface area contributed by atoms with E-state index in [1.165, 1.54) is 12.1 Å². The molecule has 0 aliphatic rings. The number of hydrogen-bond acceptors (Lipinski definition) is 2. The van der Waals surface area contributed by atoms with Crippen molar-refractivity contribution in [2.45, 2.75) is 12.2 Å². The molecule has 2 aromatic rings. The molecule has 0 saturated heterocycles. The van der Waals surface area contributed by atoms with Gasteiger partial charge in [0.05, 0.1) is 5.69 Å². The number of nitrogens with one attached hydrogen (secondary N) is 1. The van der Waals surface area contributed by atoms with Gasteiger partial charge in [0.15, 0.2) is 0 Å². The number of halogens is 2. The third-order valence-corrected chi connectivity index (χ3v) is 5.05. The zero-order valence-corrected chi connectivity index (χ0v) is 14.1. The van der Waals surface area contributed by atoms with E-state index in [1.54, 1.807) is 12.1 Å². The summed E-state index contributed by atoms with van der Waals surface area (Å²) in [4.78, 5) is 11.8. The van der Waals surface area contributed by atoms with Gasteiger partial charge in [-0.25, -0.2) is 4.39 Å². The minimum Gasteiger partial charge on any atom is -0.324 e. The van der Waals surface area contributed by atoms with E-state index in [2.05, 4.69) is 21.2 Å². The van der Waals surface area contributed by atoms with Crippen molar-refractivity contribution < 1.29 is 13.4 Å². The summed E-state index contributed by atoms with van der Waals surface area (Å²) in [5.41, 5.74) is 1.08. The van der Waals surface area contributed by atoms with Crippen molar-refractivity contribution in [3.8, 4) is 0 Å². The smallest absolute Gasteiger partial charge is 0.225 e. The van der Waals surface area contributed by atoms with Crippen molar-refractivity contribution in [2.24, 2.45) is 0 Å². The molecule has 116 valence electrons. The standard InChI is InChI=1S/C16H15BrFNO2S/c17-13-6-2-1-5-12(13)11-22(21)10-9-16(20)19-15-8-4-3-7-14(15)18/h1-8H,9-11H2,(H,19,20)/t22-/m1/s1. The van der Waals surface area contributed by atoms with Crippen LogP contribution in [-0.2, 0) is 21.3 Å². The van der Waals surface area contributed by atoms with Gasteiger partial charge in [-0.1, -0.05) is 46.3 Å².